The molecule has 36 heavy (non-hydrogen) atoms. The van der Waals surface area contributed by atoms with E-state index in [9.17, 15) is 9.59 Å². The maximum atomic E-state index is 12.9. The van der Waals surface area contributed by atoms with E-state index in [4.69, 9.17) is 0 Å². The third-order valence-electron chi connectivity index (χ3n) is 6.07. The number of anilines is 2. The fourth-order valence-electron chi connectivity index (χ4n) is 3.84. The summed E-state index contributed by atoms with van der Waals surface area (Å²) in [4.78, 5) is 37.9. The Bertz CT molecular complexity index is 1260. The lowest BCUT2D eigenvalue weighted by molar-refractivity contribution is -0.111. The Labute approximate surface area is 219 Å². The molecule has 2 amide bonds. The first-order valence-corrected chi connectivity index (χ1v) is 12.5. The van der Waals surface area contributed by atoms with Crippen molar-refractivity contribution in [2.24, 2.45) is 0 Å². The average Bonchev–Trinajstić information content (AvgIpc) is 2.88. The molecule has 4 rings (SSSR count). The highest BCUT2D eigenvalue weighted by Gasteiger charge is 2.16. The smallest absolute Gasteiger partial charge is 0.255 e. The predicted molar refractivity (Wildman–Crippen MR) is 146 cm³/mol. The van der Waals surface area contributed by atoms with Crippen molar-refractivity contribution in [1.82, 2.24) is 19.8 Å². The molecule has 1 aliphatic rings. The van der Waals surface area contributed by atoms with Gasteiger partial charge in [-0.1, -0.05) is 28.1 Å². The standard InChI is InChI=1S/C27H29BrN6O2/c1-19-3-7-23(14-25(19)32-26(35)8-4-20-15-29-18-30-16-20)31-27(36)21-5-6-22(24(28)13-21)17-34-11-9-33(2)10-12-34/h3-8,13-16,18H,9-12,17H2,1-2H3,(H,31,36)(H,32,35)/b8-4+. The number of likely N-dealkylation sites (N-methyl/N-ethyl adjacent to an activating group) is 1. The van der Waals surface area contributed by atoms with Crippen LogP contribution >= 0.6 is 15.9 Å². The van der Waals surface area contributed by atoms with Gasteiger partial charge >= 0.3 is 0 Å². The van der Waals surface area contributed by atoms with E-state index in [1.165, 1.54) is 12.4 Å². The topological polar surface area (TPSA) is 90.5 Å². The van der Waals surface area contributed by atoms with Gasteiger partial charge in [0.1, 0.15) is 6.33 Å². The molecule has 186 valence electrons. The van der Waals surface area contributed by atoms with Crippen molar-refractivity contribution in [1.29, 1.82) is 0 Å². The largest absolute Gasteiger partial charge is 0.322 e. The zero-order chi connectivity index (χ0) is 25.5. The van der Waals surface area contributed by atoms with Gasteiger partial charge < -0.3 is 15.5 Å². The van der Waals surface area contributed by atoms with Crippen LogP contribution in [0.2, 0.25) is 0 Å². The number of rotatable bonds is 7. The molecule has 0 radical (unpaired) electrons. The van der Waals surface area contributed by atoms with E-state index in [0.29, 0.717) is 16.9 Å². The lowest BCUT2D eigenvalue weighted by Gasteiger charge is -2.32. The summed E-state index contributed by atoms with van der Waals surface area (Å²) in [7, 11) is 2.14. The molecule has 1 fully saturated rings. The molecule has 2 N–H and O–H groups in total. The fraction of sp³-hybridized carbons (Fsp3) is 0.259. The molecule has 1 saturated heterocycles. The van der Waals surface area contributed by atoms with E-state index in [2.05, 4.69) is 53.4 Å². The third kappa shape index (κ3) is 7.07. The molecule has 0 saturated carbocycles. The Morgan fingerprint density at radius 3 is 2.50 bits per heavy atom. The van der Waals surface area contributed by atoms with Crippen molar-refractivity contribution >= 4 is 45.2 Å². The Morgan fingerprint density at radius 2 is 1.78 bits per heavy atom. The van der Waals surface area contributed by atoms with Crippen LogP contribution in [-0.2, 0) is 11.3 Å². The minimum absolute atomic E-state index is 0.216. The number of benzene rings is 2. The summed E-state index contributed by atoms with van der Waals surface area (Å²) in [6, 6.07) is 11.1. The maximum absolute atomic E-state index is 12.9. The molecule has 8 nitrogen and oxygen atoms in total. The molecule has 0 atom stereocenters. The number of hydrogen-bond acceptors (Lipinski definition) is 6. The molecule has 0 aliphatic carbocycles. The number of nitrogens with zero attached hydrogens (tertiary/aromatic N) is 4. The molecule has 3 aromatic rings. The van der Waals surface area contributed by atoms with Gasteiger partial charge in [0.2, 0.25) is 5.91 Å². The quantitative estimate of drug-likeness (QED) is 0.430. The van der Waals surface area contributed by atoms with Crippen molar-refractivity contribution in [3.63, 3.8) is 0 Å². The summed E-state index contributed by atoms with van der Waals surface area (Å²) >= 11 is 3.64. The number of piperazine rings is 1. The molecule has 9 heteroatoms. The summed E-state index contributed by atoms with van der Waals surface area (Å²) in [5.74, 6) is -0.503. The first-order chi connectivity index (χ1) is 17.4. The van der Waals surface area contributed by atoms with Gasteiger partial charge in [0, 0.05) is 78.2 Å². The normalized spacial score (nSPS) is 14.6. The van der Waals surface area contributed by atoms with Crippen LogP contribution in [0.3, 0.4) is 0 Å². The molecule has 1 aliphatic heterocycles. The predicted octanol–water partition coefficient (Wildman–Crippen LogP) is 4.20. The summed E-state index contributed by atoms with van der Waals surface area (Å²) in [6.07, 6.45) is 7.74. The van der Waals surface area contributed by atoms with Gasteiger partial charge in [0.15, 0.2) is 0 Å². The van der Waals surface area contributed by atoms with Gasteiger partial charge in [-0.3, -0.25) is 14.5 Å². The van der Waals surface area contributed by atoms with Crippen molar-refractivity contribution in [2.75, 3.05) is 43.9 Å². The molecular weight excluding hydrogens is 520 g/mol. The van der Waals surface area contributed by atoms with Crippen LogP contribution < -0.4 is 10.6 Å². The minimum atomic E-state index is -0.287. The second-order valence-electron chi connectivity index (χ2n) is 8.86. The highest BCUT2D eigenvalue weighted by Crippen LogP contribution is 2.24. The highest BCUT2D eigenvalue weighted by molar-refractivity contribution is 9.10. The van der Waals surface area contributed by atoms with Crippen LogP contribution in [0.1, 0.15) is 27.0 Å². The lowest BCUT2D eigenvalue weighted by atomic mass is 10.1. The average molecular weight is 549 g/mol. The number of carbonyl (C=O) groups excluding carboxylic acids is 2. The number of carbonyl (C=O) groups is 2. The van der Waals surface area contributed by atoms with Gasteiger partial charge in [-0.15, -0.1) is 0 Å². The summed E-state index contributed by atoms with van der Waals surface area (Å²) in [6.45, 7) is 6.95. The number of amides is 2. The number of hydrogen-bond donors (Lipinski definition) is 2. The van der Waals surface area contributed by atoms with Crippen molar-refractivity contribution < 1.29 is 9.59 Å². The van der Waals surface area contributed by atoms with Crippen LogP contribution in [0.5, 0.6) is 0 Å². The number of nitrogens with one attached hydrogen (secondary N) is 2. The first-order valence-electron chi connectivity index (χ1n) is 11.7. The van der Waals surface area contributed by atoms with Crippen LogP contribution in [-0.4, -0.2) is 64.8 Å². The van der Waals surface area contributed by atoms with Crippen LogP contribution in [0.25, 0.3) is 6.08 Å². The number of aryl methyl sites for hydroxylation is 1. The van der Waals surface area contributed by atoms with E-state index in [1.54, 1.807) is 24.5 Å². The molecule has 2 aromatic carbocycles. The molecule has 0 spiro atoms. The van der Waals surface area contributed by atoms with E-state index in [-0.39, 0.29) is 11.8 Å². The summed E-state index contributed by atoms with van der Waals surface area (Å²) < 4.78 is 0.918. The van der Waals surface area contributed by atoms with E-state index in [1.807, 2.05) is 37.3 Å². The zero-order valence-corrected chi connectivity index (χ0v) is 22.0. The third-order valence-corrected chi connectivity index (χ3v) is 6.80. The van der Waals surface area contributed by atoms with E-state index >= 15 is 0 Å². The van der Waals surface area contributed by atoms with Gasteiger partial charge in [0.05, 0.1) is 0 Å². The Kier molecular flexibility index (Phi) is 8.58. The number of aromatic nitrogens is 2. The van der Waals surface area contributed by atoms with E-state index < -0.39 is 0 Å². The van der Waals surface area contributed by atoms with Gasteiger partial charge in [-0.05, 0) is 55.4 Å². The van der Waals surface area contributed by atoms with Gasteiger partial charge in [0.25, 0.3) is 5.91 Å². The first kappa shape index (κ1) is 25.7. The Balaban J connectivity index is 1.38. The van der Waals surface area contributed by atoms with Gasteiger partial charge in [-0.25, -0.2) is 9.97 Å². The fourth-order valence-corrected chi connectivity index (χ4v) is 4.35. The molecule has 1 aromatic heterocycles. The SMILES string of the molecule is Cc1ccc(NC(=O)c2ccc(CN3CCN(C)CC3)c(Br)c2)cc1NC(=O)/C=C/c1cncnc1. The molecule has 0 unspecified atom stereocenters. The Morgan fingerprint density at radius 1 is 1.03 bits per heavy atom. The molecular formula is C27H29BrN6O2. The van der Waals surface area contributed by atoms with Gasteiger partial charge in [-0.2, -0.15) is 0 Å². The highest BCUT2D eigenvalue weighted by atomic mass is 79.9. The Hall–Kier alpha value is -3.40. The molecule has 2 heterocycles. The zero-order valence-electron chi connectivity index (χ0n) is 20.4. The maximum Gasteiger partial charge on any atom is 0.255 e. The second kappa shape index (κ2) is 12.0. The summed E-state index contributed by atoms with van der Waals surface area (Å²) in [5, 5.41) is 5.79. The lowest BCUT2D eigenvalue weighted by Crippen LogP contribution is -2.43. The second-order valence-corrected chi connectivity index (χ2v) is 9.72. The van der Waals surface area contributed by atoms with Crippen LogP contribution in [0.4, 0.5) is 11.4 Å². The van der Waals surface area contributed by atoms with Crippen molar-refractivity contribution in [3.05, 3.63) is 87.9 Å². The van der Waals surface area contributed by atoms with Crippen molar-refractivity contribution in [2.45, 2.75) is 13.5 Å². The monoisotopic (exact) mass is 548 g/mol. The molecule has 0 bridgehead atoms. The minimum Gasteiger partial charge on any atom is -0.322 e. The van der Waals surface area contributed by atoms with Crippen LogP contribution in [0, 0.1) is 6.92 Å². The number of halogens is 1. The van der Waals surface area contributed by atoms with Crippen LogP contribution in [0.15, 0.2) is 65.7 Å². The summed E-state index contributed by atoms with van der Waals surface area (Å²) in [5.41, 5.74) is 4.55. The van der Waals surface area contributed by atoms with E-state index in [0.717, 1.165) is 53.9 Å². The van der Waals surface area contributed by atoms with Crippen molar-refractivity contribution in [3.8, 4) is 0 Å².